The van der Waals surface area contributed by atoms with Crippen LogP contribution in [0.5, 0.6) is 0 Å². The highest BCUT2D eigenvalue weighted by atomic mass is 16.1. The molecule has 0 bridgehead atoms. The normalized spacial score (nSPS) is 12.4. The molecule has 0 aliphatic heterocycles. The lowest BCUT2D eigenvalue weighted by molar-refractivity contribution is 0.0946. The summed E-state index contributed by atoms with van der Waals surface area (Å²) in [6.45, 7) is 9.52. The van der Waals surface area contributed by atoms with E-state index in [1.165, 1.54) is 24.8 Å². The fourth-order valence-corrected chi connectivity index (χ4v) is 2.30. The first-order valence-corrected chi connectivity index (χ1v) is 7.96. The molecule has 0 saturated heterocycles. The Labute approximate surface area is 124 Å². The van der Waals surface area contributed by atoms with E-state index in [-0.39, 0.29) is 5.91 Å². The van der Waals surface area contributed by atoms with Crippen LogP contribution in [0.2, 0.25) is 0 Å². The number of unbranched alkanes of at least 4 members (excludes halogenated alkanes) is 1. The maximum Gasteiger partial charge on any atom is 0.251 e. The summed E-state index contributed by atoms with van der Waals surface area (Å²) in [5.74, 6) is 1.16. The van der Waals surface area contributed by atoms with Crippen LogP contribution in [0.1, 0.15) is 75.2 Å². The van der Waals surface area contributed by atoms with Gasteiger partial charge in [0.25, 0.3) is 5.91 Å². The van der Waals surface area contributed by atoms with E-state index in [4.69, 9.17) is 0 Å². The van der Waals surface area contributed by atoms with Gasteiger partial charge in [-0.25, -0.2) is 0 Å². The summed E-state index contributed by atoms with van der Waals surface area (Å²) in [5.41, 5.74) is 2.04. The minimum Gasteiger partial charge on any atom is -0.352 e. The van der Waals surface area contributed by atoms with Gasteiger partial charge in [-0.05, 0) is 36.0 Å². The molecule has 0 aliphatic carbocycles. The van der Waals surface area contributed by atoms with Crippen LogP contribution in [0.25, 0.3) is 0 Å². The fourth-order valence-electron chi connectivity index (χ4n) is 2.30. The van der Waals surface area contributed by atoms with Crippen LogP contribution in [0.15, 0.2) is 24.3 Å². The SMILES string of the molecule is CCCCC(CC)CNC(=O)c1ccc(C(C)C)cc1. The van der Waals surface area contributed by atoms with Gasteiger partial charge in [0.2, 0.25) is 0 Å². The molecule has 0 saturated carbocycles. The second-order valence-electron chi connectivity index (χ2n) is 5.90. The van der Waals surface area contributed by atoms with Gasteiger partial charge in [0, 0.05) is 12.1 Å². The van der Waals surface area contributed by atoms with Crippen molar-refractivity contribution in [3.05, 3.63) is 35.4 Å². The third kappa shape index (κ3) is 5.36. The molecule has 0 aromatic heterocycles. The number of rotatable bonds is 8. The summed E-state index contributed by atoms with van der Waals surface area (Å²) in [4.78, 5) is 12.1. The predicted molar refractivity (Wildman–Crippen MR) is 86.2 cm³/mol. The van der Waals surface area contributed by atoms with Gasteiger partial charge in [-0.1, -0.05) is 59.1 Å². The van der Waals surface area contributed by atoms with Gasteiger partial charge in [0.15, 0.2) is 0 Å². The molecule has 1 aromatic carbocycles. The highest BCUT2D eigenvalue weighted by molar-refractivity contribution is 5.94. The number of carbonyl (C=O) groups excluding carboxylic acids is 1. The molecular weight excluding hydrogens is 246 g/mol. The smallest absolute Gasteiger partial charge is 0.251 e. The average molecular weight is 275 g/mol. The van der Waals surface area contributed by atoms with Crippen LogP contribution < -0.4 is 5.32 Å². The zero-order valence-corrected chi connectivity index (χ0v) is 13.4. The Morgan fingerprint density at radius 3 is 2.30 bits per heavy atom. The van der Waals surface area contributed by atoms with Crippen LogP contribution in [0, 0.1) is 5.92 Å². The van der Waals surface area contributed by atoms with Crippen LogP contribution >= 0.6 is 0 Å². The molecule has 0 fully saturated rings. The van der Waals surface area contributed by atoms with E-state index in [9.17, 15) is 4.79 Å². The van der Waals surface area contributed by atoms with Gasteiger partial charge < -0.3 is 5.32 Å². The topological polar surface area (TPSA) is 29.1 Å². The van der Waals surface area contributed by atoms with Gasteiger partial charge in [-0.15, -0.1) is 0 Å². The second kappa shape index (κ2) is 8.78. The number of nitrogens with one attached hydrogen (secondary N) is 1. The van der Waals surface area contributed by atoms with Gasteiger partial charge in [0.1, 0.15) is 0 Å². The molecule has 20 heavy (non-hydrogen) atoms. The van der Waals surface area contributed by atoms with Crippen molar-refractivity contribution in [1.29, 1.82) is 0 Å². The summed E-state index contributed by atoms with van der Waals surface area (Å²) in [7, 11) is 0. The van der Waals surface area contributed by atoms with Crippen molar-refractivity contribution in [2.45, 2.75) is 59.3 Å². The summed E-state index contributed by atoms with van der Waals surface area (Å²) < 4.78 is 0. The van der Waals surface area contributed by atoms with E-state index in [1.54, 1.807) is 0 Å². The molecular formula is C18H29NO. The lowest BCUT2D eigenvalue weighted by atomic mass is 9.99. The Kier molecular flexibility index (Phi) is 7.35. The van der Waals surface area contributed by atoms with Crippen LogP contribution in [0.3, 0.4) is 0 Å². The first-order valence-electron chi connectivity index (χ1n) is 7.96. The molecule has 1 rings (SSSR count). The molecule has 2 heteroatoms. The minimum atomic E-state index is 0.0512. The standard InChI is InChI=1S/C18H29NO/c1-5-7-8-15(6-2)13-19-18(20)17-11-9-16(10-12-17)14(3)4/h9-12,14-15H,5-8,13H2,1-4H3,(H,19,20). The molecule has 1 unspecified atom stereocenters. The van der Waals surface area contributed by atoms with Crippen molar-refractivity contribution in [2.24, 2.45) is 5.92 Å². The Bertz CT molecular complexity index is 394. The highest BCUT2D eigenvalue weighted by Crippen LogP contribution is 2.15. The maximum absolute atomic E-state index is 12.1. The fraction of sp³-hybridized carbons (Fsp3) is 0.611. The summed E-state index contributed by atoms with van der Waals surface area (Å²) in [6, 6.07) is 7.96. The van der Waals surface area contributed by atoms with E-state index in [0.717, 1.165) is 18.5 Å². The van der Waals surface area contributed by atoms with E-state index >= 15 is 0 Å². The summed E-state index contributed by atoms with van der Waals surface area (Å²) in [6.07, 6.45) is 4.81. The van der Waals surface area contributed by atoms with Crippen LogP contribution in [-0.4, -0.2) is 12.5 Å². The van der Waals surface area contributed by atoms with Crippen molar-refractivity contribution in [3.63, 3.8) is 0 Å². The Hall–Kier alpha value is -1.31. The molecule has 1 amide bonds. The molecule has 2 nitrogen and oxygen atoms in total. The lowest BCUT2D eigenvalue weighted by Gasteiger charge is -2.15. The van der Waals surface area contributed by atoms with Crippen LogP contribution in [-0.2, 0) is 0 Å². The van der Waals surface area contributed by atoms with E-state index in [2.05, 4.69) is 33.0 Å². The van der Waals surface area contributed by atoms with Gasteiger partial charge in [-0.3, -0.25) is 4.79 Å². The molecule has 1 atom stereocenters. The predicted octanol–water partition coefficient (Wildman–Crippen LogP) is 4.76. The van der Waals surface area contributed by atoms with E-state index in [1.807, 2.05) is 24.3 Å². The van der Waals surface area contributed by atoms with Crippen molar-refractivity contribution in [2.75, 3.05) is 6.54 Å². The molecule has 1 aromatic rings. The Balaban J connectivity index is 2.49. The largest absolute Gasteiger partial charge is 0.352 e. The van der Waals surface area contributed by atoms with Gasteiger partial charge in [-0.2, -0.15) is 0 Å². The summed E-state index contributed by atoms with van der Waals surface area (Å²) >= 11 is 0. The third-order valence-corrected chi connectivity index (χ3v) is 3.93. The van der Waals surface area contributed by atoms with Crippen molar-refractivity contribution >= 4 is 5.91 Å². The minimum absolute atomic E-state index is 0.0512. The van der Waals surface area contributed by atoms with Gasteiger partial charge >= 0.3 is 0 Å². The first kappa shape index (κ1) is 16.7. The number of hydrogen-bond acceptors (Lipinski definition) is 1. The van der Waals surface area contributed by atoms with E-state index in [0.29, 0.717) is 11.8 Å². The summed E-state index contributed by atoms with van der Waals surface area (Å²) in [5, 5.41) is 3.07. The van der Waals surface area contributed by atoms with Gasteiger partial charge in [0.05, 0.1) is 0 Å². The molecule has 112 valence electrons. The van der Waals surface area contributed by atoms with Crippen LogP contribution in [0.4, 0.5) is 0 Å². The van der Waals surface area contributed by atoms with E-state index < -0.39 is 0 Å². The number of amides is 1. The zero-order valence-electron chi connectivity index (χ0n) is 13.4. The molecule has 1 N–H and O–H groups in total. The average Bonchev–Trinajstić information content (AvgIpc) is 2.47. The first-order chi connectivity index (χ1) is 9.58. The highest BCUT2D eigenvalue weighted by Gasteiger charge is 2.10. The second-order valence-corrected chi connectivity index (χ2v) is 5.90. The maximum atomic E-state index is 12.1. The molecule has 0 aliphatic rings. The number of benzene rings is 1. The Morgan fingerprint density at radius 2 is 1.80 bits per heavy atom. The van der Waals surface area contributed by atoms with Crippen molar-refractivity contribution in [1.82, 2.24) is 5.32 Å². The zero-order chi connectivity index (χ0) is 15.0. The number of carbonyl (C=O) groups is 1. The molecule has 0 heterocycles. The quantitative estimate of drug-likeness (QED) is 0.728. The van der Waals surface area contributed by atoms with Crippen molar-refractivity contribution < 1.29 is 4.79 Å². The molecule has 0 radical (unpaired) electrons. The van der Waals surface area contributed by atoms with Crippen molar-refractivity contribution in [3.8, 4) is 0 Å². The lowest BCUT2D eigenvalue weighted by Crippen LogP contribution is -2.29. The number of hydrogen-bond donors (Lipinski definition) is 1. The Morgan fingerprint density at radius 1 is 1.15 bits per heavy atom. The third-order valence-electron chi connectivity index (χ3n) is 3.93. The molecule has 0 spiro atoms. The monoisotopic (exact) mass is 275 g/mol.